The molecule has 3 fully saturated rings. The van der Waals surface area contributed by atoms with Crippen LogP contribution in [0.15, 0.2) is 11.6 Å². The second kappa shape index (κ2) is 6.14. The molecule has 140 valence electrons. The molecule has 3 aliphatic rings. The zero-order valence-corrected chi connectivity index (χ0v) is 16.3. The number of fused-ring (bicyclic) bond motifs is 5. The highest BCUT2D eigenvalue weighted by Crippen LogP contribution is 2.67. The van der Waals surface area contributed by atoms with Crippen LogP contribution in [-0.4, -0.2) is 23.6 Å². The second-order valence-electron chi connectivity index (χ2n) is 9.27. The number of ether oxygens (including phenoxy) is 2. The highest BCUT2D eigenvalue weighted by molar-refractivity contribution is 5.76. The van der Waals surface area contributed by atoms with Crippen LogP contribution >= 0.6 is 0 Å². The van der Waals surface area contributed by atoms with Crippen molar-refractivity contribution in [1.29, 1.82) is 0 Å². The van der Waals surface area contributed by atoms with Crippen LogP contribution in [0.1, 0.15) is 73.1 Å². The molecule has 0 aromatic carbocycles. The van der Waals surface area contributed by atoms with Gasteiger partial charge in [0.05, 0.1) is 5.41 Å². The van der Waals surface area contributed by atoms with Crippen molar-refractivity contribution in [1.82, 2.24) is 0 Å². The lowest BCUT2D eigenvalue weighted by atomic mass is 9.70. The van der Waals surface area contributed by atoms with Crippen molar-refractivity contribution in [3.63, 3.8) is 0 Å². The highest BCUT2D eigenvalue weighted by Gasteiger charge is 2.71. The van der Waals surface area contributed by atoms with E-state index in [0.29, 0.717) is 24.7 Å². The van der Waals surface area contributed by atoms with Crippen LogP contribution in [0.3, 0.4) is 0 Å². The van der Waals surface area contributed by atoms with Crippen molar-refractivity contribution in [2.24, 2.45) is 23.2 Å². The Kier molecular flexibility index (Phi) is 4.53. The molecular weight excluding hydrogens is 316 g/mol. The Morgan fingerprint density at radius 1 is 1.24 bits per heavy atom. The molecule has 0 N–H and O–H groups in total. The average molecular weight is 348 g/mol. The third-order valence-electron chi connectivity index (χ3n) is 7.07. The van der Waals surface area contributed by atoms with Crippen molar-refractivity contribution in [2.75, 3.05) is 0 Å². The van der Waals surface area contributed by atoms with Gasteiger partial charge >= 0.3 is 5.97 Å². The molecule has 4 heteroatoms. The topological polar surface area (TPSA) is 52.6 Å². The van der Waals surface area contributed by atoms with Gasteiger partial charge in [0.2, 0.25) is 0 Å². The van der Waals surface area contributed by atoms with Crippen LogP contribution in [0.2, 0.25) is 0 Å². The molecule has 2 bridgehead atoms. The van der Waals surface area contributed by atoms with Crippen molar-refractivity contribution in [3.05, 3.63) is 11.6 Å². The van der Waals surface area contributed by atoms with E-state index in [4.69, 9.17) is 9.47 Å². The molecule has 4 nitrogen and oxygen atoms in total. The molecule has 0 aromatic heterocycles. The Labute approximate surface area is 151 Å². The van der Waals surface area contributed by atoms with Gasteiger partial charge < -0.3 is 9.47 Å². The Balaban J connectivity index is 1.99. The maximum atomic E-state index is 12.9. The Morgan fingerprint density at radius 3 is 2.56 bits per heavy atom. The number of carbonyl (C=O) groups is 2. The fourth-order valence-corrected chi connectivity index (χ4v) is 5.65. The summed E-state index contributed by atoms with van der Waals surface area (Å²) in [4.78, 5) is 24.2. The van der Waals surface area contributed by atoms with E-state index in [1.54, 1.807) is 0 Å². The molecule has 0 spiro atoms. The first-order valence-electron chi connectivity index (χ1n) is 9.71. The van der Waals surface area contributed by atoms with E-state index in [9.17, 15) is 9.59 Å². The maximum Gasteiger partial charge on any atom is 0.312 e. The third kappa shape index (κ3) is 2.82. The summed E-state index contributed by atoms with van der Waals surface area (Å²) in [6.45, 7) is 10.6. The molecule has 3 aliphatic carbocycles. The normalized spacial score (nSPS) is 39.0. The van der Waals surface area contributed by atoms with Crippen molar-refractivity contribution >= 4 is 12.4 Å². The molecule has 5 atom stereocenters. The minimum Gasteiger partial charge on any atom is -0.461 e. The lowest BCUT2D eigenvalue weighted by Gasteiger charge is -2.44. The fraction of sp³-hybridized carbons (Fsp3) is 0.810. The van der Waals surface area contributed by atoms with E-state index >= 15 is 0 Å². The number of rotatable bonds is 6. The van der Waals surface area contributed by atoms with Crippen LogP contribution in [0.5, 0.6) is 0 Å². The van der Waals surface area contributed by atoms with E-state index in [1.807, 2.05) is 34.6 Å². The summed E-state index contributed by atoms with van der Waals surface area (Å²) in [6.07, 6.45) is 7.75. The Morgan fingerprint density at radius 2 is 1.96 bits per heavy atom. The predicted octanol–water partition coefficient (Wildman–Crippen LogP) is 4.42. The molecule has 3 saturated carbocycles. The smallest absolute Gasteiger partial charge is 0.312 e. The first-order chi connectivity index (χ1) is 11.7. The van der Waals surface area contributed by atoms with Crippen molar-refractivity contribution < 1.29 is 19.1 Å². The Hall–Kier alpha value is -1.32. The maximum absolute atomic E-state index is 12.9. The summed E-state index contributed by atoms with van der Waals surface area (Å²) >= 11 is 0. The number of hydrogen-bond acceptors (Lipinski definition) is 4. The van der Waals surface area contributed by atoms with Gasteiger partial charge in [-0.15, -0.1) is 0 Å². The number of hydrogen-bond donors (Lipinski definition) is 0. The van der Waals surface area contributed by atoms with Crippen LogP contribution in [0, 0.1) is 23.2 Å². The lowest BCUT2D eigenvalue weighted by Crippen LogP contribution is -2.50. The lowest BCUT2D eigenvalue weighted by molar-refractivity contribution is -0.179. The largest absolute Gasteiger partial charge is 0.461 e. The van der Waals surface area contributed by atoms with Crippen molar-refractivity contribution in [3.8, 4) is 0 Å². The van der Waals surface area contributed by atoms with Gasteiger partial charge in [0, 0.05) is 18.3 Å². The standard InChI is InChI=1S/C21H32O4/c1-6-19(4,5)18(23)25-21(10-14(2)3)12-20(24-13-22)11-17(21)15-8-7-9-16(15)20/h10,13,15-17H,6-9,11-12H2,1-5H3. The van der Waals surface area contributed by atoms with Crippen LogP contribution in [-0.2, 0) is 19.1 Å². The van der Waals surface area contributed by atoms with Gasteiger partial charge in [-0.1, -0.05) is 18.9 Å². The molecule has 25 heavy (non-hydrogen) atoms. The van der Waals surface area contributed by atoms with Gasteiger partial charge in [-0.25, -0.2) is 0 Å². The van der Waals surface area contributed by atoms with Gasteiger partial charge in [-0.2, -0.15) is 0 Å². The van der Waals surface area contributed by atoms with Gasteiger partial charge in [0.15, 0.2) is 0 Å². The second-order valence-corrected chi connectivity index (χ2v) is 9.27. The molecule has 0 aromatic rings. The SMILES string of the molecule is CCC(C)(C)C(=O)OC1(C=C(C)C)CC2(OC=O)CC1C1CCCC12. The van der Waals surface area contributed by atoms with Crippen LogP contribution in [0.4, 0.5) is 0 Å². The number of carbonyl (C=O) groups excluding carboxylic acids is 2. The van der Waals surface area contributed by atoms with Crippen molar-refractivity contribution in [2.45, 2.75) is 84.3 Å². The summed E-state index contributed by atoms with van der Waals surface area (Å²) in [6, 6.07) is 0. The molecular formula is C21H32O4. The predicted molar refractivity (Wildman–Crippen MR) is 95.8 cm³/mol. The van der Waals surface area contributed by atoms with E-state index in [1.165, 1.54) is 6.42 Å². The first-order valence-corrected chi connectivity index (χ1v) is 9.71. The average Bonchev–Trinajstić information content (AvgIpc) is 3.17. The van der Waals surface area contributed by atoms with E-state index in [-0.39, 0.29) is 11.9 Å². The van der Waals surface area contributed by atoms with Crippen LogP contribution < -0.4 is 0 Å². The summed E-state index contributed by atoms with van der Waals surface area (Å²) in [5.41, 5.74) is -0.434. The third-order valence-corrected chi connectivity index (χ3v) is 7.07. The van der Waals surface area contributed by atoms with Gasteiger partial charge in [0.1, 0.15) is 11.2 Å². The summed E-state index contributed by atoms with van der Waals surface area (Å²) < 4.78 is 12.0. The van der Waals surface area contributed by atoms with E-state index in [0.717, 1.165) is 31.3 Å². The summed E-state index contributed by atoms with van der Waals surface area (Å²) in [5.74, 6) is 1.03. The molecule has 0 amide bonds. The summed E-state index contributed by atoms with van der Waals surface area (Å²) in [5, 5.41) is 0. The summed E-state index contributed by atoms with van der Waals surface area (Å²) in [7, 11) is 0. The molecule has 0 heterocycles. The Bertz CT molecular complexity index is 589. The van der Waals surface area contributed by atoms with E-state index < -0.39 is 16.6 Å². The van der Waals surface area contributed by atoms with Gasteiger partial charge in [-0.05, 0) is 65.4 Å². The minimum atomic E-state index is -0.628. The zero-order chi connectivity index (χ0) is 18.5. The monoisotopic (exact) mass is 348 g/mol. The highest BCUT2D eigenvalue weighted by atomic mass is 16.6. The fourth-order valence-electron chi connectivity index (χ4n) is 5.65. The zero-order valence-electron chi connectivity index (χ0n) is 16.3. The van der Waals surface area contributed by atoms with Gasteiger partial charge in [-0.3, -0.25) is 9.59 Å². The quantitative estimate of drug-likeness (QED) is 0.405. The molecule has 0 aliphatic heterocycles. The molecule has 3 rings (SSSR count). The van der Waals surface area contributed by atoms with Gasteiger partial charge in [0.25, 0.3) is 6.47 Å². The molecule has 0 saturated heterocycles. The van der Waals surface area contributed by atoms with E-state index in [2.05, 4.69) is 6.08 Å². The first kappa shape index (κ1) is 18.5. The molecule has 5 unspecified atom stereocenters. The molecule has 0 radical (unpaired) electrons. The number of esters is 1. The number of allylic oxidation sites excluding steroid dienone is 1. The van der Waals surface area contributed by atoms with Crippen LogP contribution in [0.25, 0.3) is 0 Å². The minimum absolute atomic E-state index is 0.143.